The predicted octanol–water partition coefficient (Wildman–Crippen LogP) is 1.50. The summed E-state index contributed by atoms with van der Waals surface area (Å²) < 4.78 is 0. The Morgan fingerprint density at radius 1 is 1.06 bits per heavy atom. The van der Waals surface area contributed by atoms with E-state index in [9.17, 15) is 0 Å². The van der Waals surface area contributed by atoms with E-state index in [-0.39, 0.29) is 0 Å². The van der Waals surface area contributed by atoms with Gasteiger partial charge in [-0.3, -0.25) is 0 Å². The second-order valence-corrected chi connectivity index (χ2v) is 5.00. The van der Waals surface area contributed by atoms with E-state index in [0.29, 0.717) is 0 Å². The Labute approximate surface area is 102 Å². The van der Waals surface area contributed by atoms with Crippen LogP contribution in [-0.4, -0.2) is 29.8 Å². The first-order valence-electron chi connectivity index (χ1n) is 6.74. The molecule has 1 saturated heterocycles. The Hall–Kier alpha value is -1.16. The van der Waals surface area contributed by atoms with Gasteiger partial charge in [-0.15, -0.1) is 5.10 Å². The van der Waals surface area contributed by atoms with Gasteiger partial charge in [-0.05, 0) is 24.5 Å². The fourth-order valence-electron chi connectivity index (χ4n) is 2.69. The fourth-order valence-corrected chi connectivity index (χ4v) is 2.69. The second-order valence-electron chi connectivity index (χ2n) is 5.00. The molecule has 1 fully saturated rings. The summed E-state index contributed by atoms with van der Waals surface area (Å²) in [5, 5.41) is 12.2. The molecule has 17 heavy (non-hydrogen) atoms. The third kappa shape index (κ3) is 2.41. The molecule has 0 saturated carbocycles. The average molecular weight is 232 g/mol. The molecule has 0 radical (unpaired) electrons. The van der Waals surface area contributed by atoms with Crippen molar-refractivity contribution in [2.45, 2.75) is 38.6 Å². The lowest BCUT2D eigenvalue weighted by molar-refractivity contribution is 0.617. The average Bonchev–Trinajstić information content (AvgIpc) is 2.67. The van der Waals surface area contributed by atoms with Crippen molar-refractivity contribution in [2.24, 2.45) is 0 Å². The lowest BCUT2D eigenvalue weighted by atomic mass is 10.1. The summed E-state index contributed by atoms with van der Waals surface area (Å²) in [6.45, 7) is 4.26. The first-order valence-corrected chi connectivity index (χ1v) is 6.74. The van der Waals surface area contributed by atoms with E-state index in [1.54, 1.807) is 0 Å². The standard InChI is InChI=1S/C13H20N4/c1-2-4-8-17(7-3-1)13-9-11-10-14-6-5-12(11)15-16-13/h9,14H,1-8,10H2. The minimum atomic E-state index is 0.950. The normalized spacial score (nSPS) is 20.8. The smallest absolute Gasteiger partial charge is 0.151 e. The highest BCUT2D eigenvalue weighted by atomic mass is 15.3. The number of anilines is 1. The van der Waals surface area contributed by atoms with Crippen LogP contribution < -0.4 is 10.2 Å². The summed E-state index contributed by atoms with van der Waals surface area (Å²) in [5.41, 5.74) is 2.52. The van der Waals surface area contributed by atoms with Crippen molar-refractivity contribution in [3.05, 3.63) is 17.3 Å². The summed E-state index contributed by atoms with van der Waals surface area (Å²) in [5.74, 6) is 1.08. The van der Waals surface area contributed by atoms with Gasteiger partial charge in [-0.25, -0.2) is 0 Å². The molecule has 4 nitrogen and oxygen atoms in total. The van der Waals surface area contributed by atoms with Crippen molar-refractivity contribution in [3.63, 3.8) is 0 Å². The summed E-state index contributed by atoms with van der Waals surface area (Å²) in [6, 6.07) is 2.24. The second kappa shape index (κ2) is 5.00. The van der Waals surface area contributed by atoms with E-state index < -0.39 is 0 Å². The lowest BCUT2D eigenvalue weighted by Crippen LogP contribution is -2.28. The van der Waals surface area contributed by atoms with Gasteiger partial charge in [0.25, 0.3) is 0 Å². The van der Waals surface area contributed by atoms with Gasteiger partial charge in [0.15, 0.2) is 5.82 Å². The van der Waals surface area contributed by atoms with Crippen LogP contribution in [0.4, 0.5) is 5.82 Å². The Kier molecular flexibility index (Phi) is 3.22. The molecule has 1 aromatic rings. The zero-order valence-electron chi connectivity index (χ0n) is 10.3. The minimum Gasteiger partial charge on any atom is -0.355 e. The van der Waals surface area contributed by atoms with Crippen molar-refractivity contribution < 1.29 is 0 Å². The van der Waals surface area contributed by atoms with Crippen LogP contribution in [0.1, 0.15) is 36.9 Å². The van der Waals surface area contributed by atoms with E-state index in [0.717, 1.165) is 38.4 Å². The van der Waals surface area contributed by atoms with Crippen LogP contribution in [0.2, 0.25) is 0 Å². The van der Waals surface area contributed by atoms with Gasteiger partial charge < -0.3 is 10.2 Å². The van der Waals surface area contributed by atoms with Crippen molar-refractivity contribution in [1.29, 1.82) is 0 Å². The van der Waals surface area contributed by atoms with Crippen LogP contribution in [0.5, 0.6) is 0 Å². The Morgan fingerprint density at radius 3 is 2.71 bits per heavy atom. The van der Waals surface area contributed by atoms with Crippen LogP contribution in [0.3, 0.4) is 0 Å². The molecule has 1 N–H and O–H groups in total. The third-order valence-electron chi connectivity index (χ3n) is 3.73. The van der Waals surface area contributed by atoms with E-state index in [2.05, 4.69) is 26.5 Å². The number of hydrogen-bond acceptors (Lipinski definition) is 4. The number of nitrogens with zero attached hydrogens (tertiary/aromatic N) is 3. The fraction of sp³-hybridized carbons (Fsp3) is 0.692. The number of fused-ring (bicyclic) bond motifs is 1. The van der Waals surface area contributed by atoms with E-state index in [4.69, 9.17) is 0 Å². The van der Waals surface area contributed by atoms with Gasteiger partial charge >= 0.3 is 0 Å². The molecular weight excluding hydrogens is 212 g/mol. The van der Waals surface area contributed by atoms with Gasteiger partial charge in [-0.2, -0.15) is 5.10 Å². The summed E-state index contributed by atoms with van der Waals surface area (Å²) in [6.07, 6.45) is 6.31. The van der Waals surface area contributed by atoms with Crippen LogP contribution in [0.15, 0.2) is 6.07 Å². The van der Waals surface area contributed by atoms with Gasteiger partial charge in [0.1, 0.15) is 0 Å². The van der Waals surface area contributed by atoms with E-state index in [1.165, 1.54) is 36.9 Å². The van der Waals surface area contributed by atoms with E-state index in [1.807, 2.05) is 0 Å². The number of hydrogen-bond donors (Lipinski definition) is 1. The maximum absolute atomic E-state index is 4.41. The summed E-state index contributed by atoms with van der Waals surface area (Å²) in [7, 11) is 0. The zero-order valence-corrected chi connectivity index (χ0v) is 10.3. The first kappa shape index (κ1) is 11.0. The molecule has 4 heteroatoms. The van der Waals surface area contributed by atoms with Gasteiger partial charge in [0, 0.05) is 32.6 Å². The Bertz CT molecular complexity index is 383. The van der Waals surface area contributed by atoms with Crippen molar-refractivity contribution in [3.8, 4) is 0 Å². The molecule has 92 valence electrons. The van der Waals surface area contributed by atoms with Crippen molar-refractivity contribution in [2.75, 3.05) is 24.5 Å². The van der Waals surface area contributed by atoms with Crippen LogP contribution in [0.25, 0.3) is 0 Å². The quantitative estimate of drug-likeness (QED) is 0.796. The van der Waals surface area contributed by atoms with Crippen molar-refractivity contribution >= 4 is 5.82 Å². The molecule has 1 aromatic heterocycles. The van der Waals surface area contributed by atoms with Gasteiger partial charge in [0.2, 0.25) is 0 Å². The van der Waals surface area contributed by atoms with Crippen LogP contribution in [-0.2, 0) is 13.0 Å². The molecule has 0 atom stereocenters. The summed E-state index contributed by atoms with van der Waals surface area (Å²) in [4.78, 5) is 2.40. The molecule has 0 aromatic carbocycles. The highest BCUT2D eigenvalue weighted by molar-refractivity contribution is 5.42. The predicted molar refractivity (Wildman–Crippen MR) is 68.1 cm³/mol. The van der Waals surface area contributed by atoms with Crippen molar-refractivity contribution in [1.82, 2.24) is 15.5 Å². The minimum absolute atomic E-state index is 0.950. The maximum atomic E-state index is 4.41. The largest absolute Gasteiger partial charge is 0.355 e. The number of rotatable bonds is 1. The highest BCUT2D eigenvalue weighted by Gasteiger charge is 2.16. The molecule has 2 aliphatic rings. The Balaban J connectivity index is 1.82. The molecule has 3 heterocycles. The highest BCUT2D eigenvalue weighted by Crippen LogP contribution is 2.20. The molecule has 0 unspecified atom stereocenters. The molecule has 3 rings (SSSR count). The Morgan fingerprint density at radius 2 is 1.88 bits per heavy atom. The maximum Gasteiger partial charge on any atom is 0.151 e. The molecule has 0 bridgehead atoms. The first-order chi connectivity index (χ1) is 8.43. The van der Waals surface area contributed by atoms with Gasteiger partial charge in [0.05, 0.1) is 5.69 Å². The van der Waals surface area contributed by atoms with Crippen LogP contribution >= 0.6 is 0 Å². The topological polar surface area (TPSA) is 41.1 Å². The third-order valence-corrected chi connectivity index (χ3v) is 3.73. The number of nitrogens with one attached hydrogen (secondary N) is 1. The SMILES string of the molecule is c1c(N2CCCCCC2)nnc2c1CNCC2. The van der Waals surface area contributed by atoms with Gasteiger partial charge in [-0.1, -0.05) is 12.8 Å². The number of aromatic nitrogens is 2. The lowest BCUT2D eigenvalue weighted by Gasteiger charge is -2.23. The monoisotopic (exact) mass is 232 g/mol. The zero-order chi connectivity index (χ0) is 11.5. The summed E-state index contributed by atoms with van der Waals surface area (Å²) >= 11 is 0. The molecule has 0 spiro atoms. The molecule has 0 amide bonds. The van der Waals surface area contributed by atoms with E-state index >= 15 is 0 Å². The molecular formula is C13H20N4. The molecule has 2 aliphatic heterocycles. The van der Waals surface area contributed by atoms with Crippen LogP contribution in [0, 0.1) is 0 Å². The molecule has 0 aliphatic carbocycles.